The van der Waals surface area contributed by atoms with Crippen molar-refractivity contribution in [1.29, 1.82) is 0 Å². The van der Waals surface area contributed by atoms with Gasteiger partial charge in [-0.2, -0.15) is 0 Å². The number of imidazole rings is 1. The summed E-state index contributed by atoms with van der Waals surface area (Å²) >= 11 is 0. The first kappa shape index (κ1) is 11.1. The van der Waals surface area contributed by atoms with Crippen LogP contribution >= 0.6 is 0 Å². The highest BCUT2D eigenvalue weighted by Crippen LogP contribution is 2.22. The molecule has 1 heterocycles. The first-order valence-corrected chi connectivity index (χ1v) is 5.83. The number of aromatic nitrogens is 2. The molecule has 0 bridgehead atoms. The second kappa shape index (κ2) is 4.26. The lowest BCUT2D eigenvalue weighted by Crippen LogP contribution is -2.19. The van der Waals surface area contributed by atoms with Gasteiger partial charge in [0.2, 0.25) is 0 Å². The predicted molar refractivity (Wildman–Crippen MR) is 67.2 cm³/mol. The Labute approximate surface area is 96.1 Å². The van der Waals surface area contributed by atoms with E-state index in [9.17, 15) is 0 Å². The van der Waals surface area contributed by atoms with Crippen LogP contribution in [-0.4, -0.2) is 9.97 Å². The lowest BCUT2D eigenvalue weighted by Gasteiger charge is -2.15. The lowest BCUT2D eigenvalue weighted by atomic mass is 10.00. The van der Waals surface area contributed by atoms with Crippen molar-refractivity contribution in [2.24, 2.45) is 11.7 Å². The van der Waals surface area contributed by atoms with Gasteiger partial charge in [0.05, 0.1) is 17.1 Å². The number of hydrogen-bond acceptors (Lipinski definition) is 2. The van der Waals surface area contributed by atoms with Gasteiger partial charge in [0.15, 0.2) is 0 Å². The molecule has 0 aliphatic rings. The molecule has 2 unspecified atom stereocenters. The van der Waals surface area contributed by atoms with Crippen LogP contribution in [0, 0.1) is 12.8 Å². The van der Waals surface area contributed by atoms with Crippen LogP contribution in [0.15, 0.2) is 18.2 Å². The number of hydrogen-bond donors (Lipinski definition) is 2. The van der Waals surface area contributed by atoms with Gasteiger partial charge in [0, 0.05) is 0 Å². The molecular formula is C13H19N3. The lowest BCUT2D eigenvalue weighted by molar-refractivity contribution is 0.442. The van der Waals surface area contributed by atoms with Gasteiger partial charge in [-0.05, 0) is 30.5 Å². The molecule has 0 aliphatic carbocycles. The molecule has 0 radical (unpaired) electrons. The first-order chi connectivity index (χ1) is 7.61. The molecule has 3 N–H and O–H groups in total. The van der Waals surface area contributed by atoms with Crippen molar-refractivity contribution >= 4 is 11.0 Å². The van der Waals surface area contributed by atoms with Crippen molar-refractivity contribution < 1.29 is 0 Å². The summed E-state index contributed by atoms with van der Waals surface area (Å²) in [5.41, 5.74) is 9.47. The number of fused-ring (bicyclic) bond motifs is 1. The summed E-state index contributed by atoms with van der Waals surface area (Å²) in [5, 5.41) is 0. The molecule has 1 aromatic carbocycles. The number of aryl methyl sites for hydroxylation is 1. The number of nitrogens with two attached hydrogens (primary N) is 1. The summed E-state index contributed by atoms with van der Waals surface area (Å²) in [6.07, 6.45) is 1.07. The van der Waals surface area contributed by atoms with Crippen LogP contribution in [0.5, 0.6) is 0 Å². The average molecular weight is 217 g/mol. The summed E-state index contributed by atoms with van der Waals surface area (Å²) in [4.78, 5) is 7.86. The van der Waals surface area contributed by atoms with Crippen LogP contribution in [-0.2, 0) is 0 Å². The molecule has 2 atom stereocenters. The fraction of sp³-hybridized carbons (Fsp3) is 0.462. The van der Waals surface area contributed by atoms with Crippen molar-refractivity contribution in [3.8, 4) is 0 Å². The molecule has 0 spiro atoms. The van der Waals surface area contributed by atoms with Gasteiger partial charge in [-0.1, -0.05) is 26.3 Å². The first-order valence-electron chi connectivity index (χ1n) is 5.83. The summed E-state index contributed by atoms with van der Waals surface area (Å²) < 4.78 is 0. The van der Waals surface area contributed by atoms with Gasteiger partial charge >= 0.3 is 0 Å². The van der Waals surface area contributed by atoms with E-state index in [1.165, 1.54) is 5.56 Å². The second-order valence-corrected chi connectivity index (χ2v) is 4.55. The number of aromatic amines is 1. The topological polar surface area (TPSA) is 54.7 Å². The van der Waals surface area contributed by atoms with Crippen molar-refractivity contribution in [3.63, 3.8) is 0 Å². The van der Waals surface area contributed by atoms with Crippen LogP contribution in [0.25, 0.3) is 11.0 Å². The Hall–Kier alpha value is -1.35. The van der Waals surface area contributed by atoms with Gasteiger partial charge < -0.3 is 10.7 Å². The van der Waals surface area contributed by atoms with Gasteiger partial charge in [-0.3, -0.25) is 0 Å². The van der Waals surface area contributed by atoms with Crippen LogP contribution in [0.4, 0.5) is 0 Å². The Morgan fingerprint density at radius 1 is 1.44 bits per heavy atom. The quantitative estimate of drug-likeness (QED) is 0.830. The smallest absolute Gasteiger partial charge is 0.124 e. The van der Waals surface area contributed by atoms with E-state index in [2.05, 4.69) is 42.9 Å². The van der Waals surface area contributed by atoms with E-state index in [1.54, 1.807) is 0 Å². The van der Waals surface area contributed by atoms with Crippen LogP contribution in [0.1, 0.15) is 37.7 Å². The van der Waals surface area contributed by atoms with Crippen molar-refractivity contribution in [2.75, 3.05) is 0 Å². The third-order valence-corrected chi connectivity index (χ3v) is 3.23. The minimum absolute atomic E-state index is 0.00212. The van der Waals surface area contributed by atoms with Gasteiger partial charge in [-0.25, -0.2) is 4.98 Å². The van der Waals surface area contributed by atoms with E-state index >= 15 is 0 Å². The summed E-state index contributed by atoms with van der Waals surface area (Å²) in [6.45, 7) is 6.38. The van der Waals surface area contributed by atoms with Crippen molar-refractivity contribution in [1.82, 2.24) is 9.97 Å². The molecule has 0 fully saturated rings. The molecule has 3 nitrogen and oxygen atoms in total. The number of H-pyrrole nitrogens is 1. The fourth-order valence-electron chi connectivity index (χ4n) is 1.82. The largest absolute Gasteiger partial charge is 0.341 e. The van der Waals surface area contributed by atoms with Crippen molar-refractivity contribution in [3.05, 3.63) is 29.6 Å². The Morgan fingerprint density at radius 2 is 2.19 bits per heavy atom. The van der Waals surface area contributed by atoms with E-state index in [0.717, 1.165) is 23.3 Å². The normalized spacial score (nSPS) is 15.2. The summed E-state index contributed by atoms with van der Waals surface area (Å²) in [6, 6.07) is 6.21. The highest BCUT2D eigenvalue weighted by molar-refractivity contribution is 5.75. The Balaban J connectivity index is 2.39. The zero-order chi connectivity index (χ0) is 11.7. The van der Waals surface area contributed by atoms with Crippen molar-refractivity contribution in [2.45, 2.75) is 33.2 Å². The number of rotatable bonds is 3. The summed E-state index contributed by atoms with van der Waals surface area (Å²) in [7, 11) is 0. The van der Waals surface area contributed by atoms with E-state index in [1.807, 2.05) is 6.07 Å². The van der Waals surface area contributed by atoms with E-state index in [-0.39, 0.29) is 6.04 Å². The number of nitrogens with zero attached hydrogens (tertiary/aromatic N) is 1. The molecule has 0 saturated carbocycles. The van der Waals surface area contributed by atoms with Crippen LogP contribution in [0.2, 0.25) is 0 Å². The Bertz CT molecular complexity index is 487. The molecule has 0 aliphatic heterocycles. The molecule has 16 heavy (non-hydrogen) atoms. The minimum atomic E-state index is -0.00212. The highest BCUT2D eigenvalue weighted by atomic mass is 15.0. The minimum Gasteiger partial charge on any atom is -0.341 e. The van der Waals surface area contributed by atoms with Crippen LogP contribution < -0.4 is 5.73 Å². The average Bonchev–Trinajstić information content (AvgIpc) is 2.69. The maximum Gasteiger partial charge on any atom is 0.124 e. The maximum absolute atomic E-state index is 6.16. The molecule has 0 amide bonds. The molecule has 2 rings (SSSR count). The fourth-order valence-corrected chi connectivity index (χ4v) is 1.82. The second-order valence-electron chi connectivity index (χ2n) is 4.55. The molecule has 2 aromatic rings. The third kappa shape index (κ3) is 1.95. The molecule has 3 heteroatoms. The molecular weight excluding hydrogens is 198 g/mol. The maximum atomic E-state index is 6.16. The van der Waals surface area contributed by atoms with Gasteiger partial charge in [-0.15, -0.1) is 0 Å². The zero-order valence-electron chi connectivity index (χ0n) is 10.1. The molecule has 86 valence electrons. The zero-order valence-corrected chi connectivity index (χ0v) is 10.1. The Morgan fingerprint density at radius 3 is 2.88 bits per heavy atom. The highest BCUT2D eigenvalue weighted by Gasteiger charge is 2.16. The van der Waals surface area contributed by atoms with Gasteiger partial charge in [0.1, 0.15) is 5.82 Å². The molecule has 1 aromatic heterocycles. The SMILES string of the molecule is CCC(C)C(N)c1nc2ccc(C)cc2[nH]1. The summed E-state index contributed by atoms with van der Waals surface area (Å²) in [5.74, 6) is 1.34. The van der Waals surface area contributed by atoms with Crippen LogP contribution in [0.3, 0.4) is 0 Å². The third-order valence-electron chi connectivity index (χ3n) is 3.23. The van der Waals surface area contributed by atoms with Gasteiger partial charge in [0.25, 0.3) is 0 Å². The Kier molecular flexibility index (Phi) is 2.97. The van der Waals surface area contributed by atoms with E-state index < -0.39 is 0 Å². The number of nitrogens with one attached hydrogen (secondary N) is 1. The predicted octanol–water partition coefficient (Wildman–Crippen LogP) is 2.92. The van der Waals surface area contributed by atoms with E-state index in [4.69, 9.17) is 5.73 Å². The standard InChI is InChI=1S/C13H19N3/c1-4-9(3)12(14)13-15-10-6-5-8(2)7-11(10)16-13/h5-7,9,12H,4,14H2,1-3H3,(H,15,16). The molecule has 0 saturated heterocycles. The number of benzene rings is 1. The monoisotopic (exact) mass is 217 g/mol. The van der Waals surface area contributed by atoms with E-state index in [0.29, 0.717) is 5.92 Å².